The van der Waals surface area contributed by atoms with Crippen molar-refractivity contribution in [2.75, 3.05) is 6.61 Å². The van der Waals surface area contributed by atoms with E-state index in [1.807, 2.05) is 0 Å². The van der Waals surface area contributed by atoms with Crippen molar-refractivity contribution in [1.82, 2.24) is 5.32 Å². The molecule has 2 N–H and O–H groups in total. The van der Waals surface area contributed by atoms with Crippen LogP contribution in [0, 0.1) is 0 Å². The van der Waals surface area contributed by atoms with Crippen LogP contribution in [-0.2, 0) is 0 Å². The fourth-order valence-electron chi connectivity index (χ4n) is 1.35. The third-order valence-corrected chi connectivity index (χ3v) is 6.58. The minimum Gasteiger partial charge on any atom is -0.397 e. The van der Waals surface area contributed by atoms with Crippen LogP contribution in [0.25, 0.3) is 0 Å². The second kappa shape index (κ2) is 4.58. The van der Waals surface area contributed by atoms with Crippen LogP contribution in [0.3, 0.4) is 0 Å². The summed E-state index contributed by atoms with van der Waals surface area (Å²) in [5, 5.41) is 12.6. The number of aliphatic hydroxyl groups excluding tert-OH is 1. The van der Waals surface area contributed by atoms with Crippen molar-refractivity contribution in [3.63, 3.8) is 0 Å². The van der Waals surface area contributed by atoms with E-state index in [0.29, 0.717) is 12.3 Å². The molecule has 0 aliphatic heterocycles. The van der Waals surface area contributed by atoms with E-state index in [2.05, 4.69) is 46.1 Å². The first kappa shape index (κ1) is 13.1. The SMILES string of the molecule is CC(NC(C)(C)C)[Si](C)(C)CCO. The fourth-order valence-corrected chi connectivity index (χ4v) is 3.18. The predicted octanol–water partition coefficient (Wildman–Crippen LogP) is 2.00. The van der Waals surface area contributed by atoms with Gasteiger partial charge in [-0.15, -0.1) is 0 Å². The zero-order valence-corrected chi connectivity index (χ0v) is 10.9. The van der Waals surface area contributed by atoms with E-state index in [1.165, 1.54) is 0 Å². The number of hydrogen-bond donors (Lipinski definition) is 2. The van der Waals surface area contributed by atoms with Crippen LogP contribution < -0.4 is 5.32 Å². The van der Waals surface area contributed by atoms with Crippen LogP contribution in [0.15, 0.2) is 0 Å². The Kier molecular flexibility index (Phi) is 4.62. The normalized spacial score (nSPS) is 15.9. The highest BCUT2D eigenvalue weighted by Crippen LogP contribution is 2.16. The molecule has 1 atom stereocenters. The van der Waals surface area contributed by atoms with E-state index in [4.69, 9.17) is 5.11 Å². The van der Waals surface area contributed by atoms with Crippen molar-refractivity contribution in [3.05, 3.63) is 0 Å². The lowest BCUT2D eigenvalue weighted by atomic mass is 10.1. The van der Waals surface area contributed by atoms with E-state index < -0.39 is 8.07 Å². The van der Waals surface area contributed by atoms with Gasteiger partial charge in [-0.05, 0) is 32.5 Å². The molecule has 0 radical (unpaired) electrons. The molecular formula is C10H25NOSi. The van der Waals surface area contributed by atoms with Crippen molar-refractivity contribution in [3.8, 4) is 0 Å². The third-order valence-electron chi connectivity index (χ3n) is 2.58. The molecule has 0 saturated carbocycles. The summed E-state index contributed by atoms with van der Waals surface area (Å²) in [4.78, 5) is 0. The molecule has 0 spiro atoms. The first-order valence-corrected chi connectivity index (χ1v) is 8.36. The van der Waals surface area contributed by atoms with Crippen LogP contribution in [0.1, 0.15) is 27.7 Å². The zero-order valence-electron chi connectivity index (χ0n) is 9.94. The largest absolute Gasteiger partial charge is 0.397 e. The number of hydrogen-bond acceptors (Lipinski definition) is 2. The van der Waals surface area contributed by atoms with Gasteiger partial charge < -0.3 is 10.4 Å². The van der Waals surface area contributed by atoms with Crippen molar-refractivity contribution in [1.29, 1.82) is 0 Å². The van der Waals surface area contributed by atoms with Gasteiger partial charge in [0.2, 0.25) is 0 Å². The van der Waals surface area contributed by atoms with E-state index >= 15 is 0 Å². The maximum atomic E-state index is 8.96. The van der Waals surface area contributed by atoms with Crippen molar-refractivity contribution in [2.24, 2.45) is 0 Å². The summed E-state index contributed by atoms with van der Waals surface area (Å²) in [6, 6.07) is 0.983. The molecule has 0 fully saturated rings. The van der Waals surface area contributed by atoms with Gasteiger partial charge in [0.15, 0.2) is 0 Å². The second-order valence-corrected chi connectivity index (χ2v) is 10.9. The molecular weight excluding hydrogens is 178 g/mol. The molecule has 0 aromatic heterocycles. The molecule has 0 aliphatic carbocycles. The van der Waals surface area contributed by atoms with Gasteiger partial charge in [0, 0.05) is 12.1 Å². The van der Waals surface area contributed by atoms with Crippen LogP contribution in [0.2, 0.25) is 19.1 Å². The van der Waals surface area contributed by atoms with E-state index in [9.17, 15) is 0 Å². The quantitative estimate of drug-likeness (QED) is 0.685. The van der Waals surface area contributed by atoms with E-state index in [1.54, 1.807) is 0 Å². The fraction of sp³-hybridized carbons (Fsp3) is 1.00. The topological polar surface area (TPSA) is 32.3 Å². The maximum Gasteiger partial charge on any atom is 0.0684 e. The molecule has 0 amide bonds. The molecule has 80 valence electrons. The summed E-state index contributed by atoms with van der Waals surface area (Å²) < 4.78 is 0. The third kappa shape index (κ3) is 5.44. The number of aliphatic hydroxyl groups is 1. The van der Waals surface area contributed by atoms with Gasteiger partial charge >= 0.3 is 0 Å². The minimum absolute atomic E-state index is 0.180. The Morgan fingerprint density at radius 3 is 2.08 bits per heavy atom. The lowest BCUT2D eigenvalue weighted by Crippen LogP contribution is -2.55. The summed E-state index contributed by atoms with van der Waals surface area (Å²) in [6.45, 7) is 13.8. The molecule has 13 heavy (non-hydrogen) atoms. The summed E-state index contributed by atoms with van der Waals surface area (Å²) in [5.74, 6) is 0. The Hall–Kier alpha value is 0.137. The van der Waals surface area contributed by atoms with Crippen LogP contribution in [0.5, 0.6) is 0 Å². The summed E-state index contributed by atoms with van der Waals surface area (Å²) in [5.41, 5.74) is 0.735. The first-order chi connectivity index (χ1) is 5.69. The van der Waals surface area contributed by atoms with Crippen molar-refractivity contribution < 1.29 is 5.11 Å². The molecule has 2 nitrogen and oxygen atoms in total. The molecule has 3 heteroatoms. The number of nitrogens with one attached hydrogen (secondary N) is 1. The monoisotopic (exact) mass is 203 g/mol. The highest BCUT2D eigenvalue weighted by atomic mass is 28.3. The van der Waals surface area contributed by atoms with Crippen molar-refractivity contribution >= 4 is 8.07 Å². The standard InChI is InChI=1S/C10H25NOSi/c1-9(11-10(2,3)4)13(5,6)8-7-12/h9,11-12H,7-8H2,1-6H3. The molecule has 0 bridgehead atoms. The number of rotatable bonds is 4. The Morgan fingerprint density at radius 2 is 1.77 bits per heavy atom. The molecule has 0 aromatic rings. The molecule has 0 saturated heterocycles. The van der Waals surface area contributed by atoms with Gasteiger partial charge in [-0.2, -0.15) is 0 Å². The minimum atomic E-state index is -1.28. The van der Waals surface area contributed by atoms with Gasteiger partial charge in [0.05, 0.1) is 8.07 Å². The summed E-state index contributed by atoms with van der Waals surface area (Å²) in [6.07, 6.45) is 0. The zero-order chi connectivity index (χ0) is 10.7. The summed E-state index contributed by atoms with van der Waals surface area (Å²) >= 11 is 0. The van der Waals surface area contributed by atoms with E-state index in [-0.39, 0.29) is 5.54 Å². The van der Waals surface area contributed by atoms with Gasteiger partial charge in [-0.1, -0.05) is 20.0 Å². The Morgan fingerprint density at radius 1 is 1.31 bits per heavy atom. The van der Waals surface area contributed by atoms with Gasteiger partial charge in [-0.25, -0.2) is 0 Å². The van der Waals surface area contributed by atoms with Crippen molar-refractivity contribution in [2.45, 2.75) is 58.0 Å². The molecule has 0 rings (SSSR count). The maximum absolute atomic E-state index is 8.96. The highest BCUT2D eigenvalue weighted by molar-refractivity contribution is 6.78. The molecule has 1 unspecified atom stereocenters. The van der Waals surface area contributed by atoms with Crippen LogP contribution >= 0.6 is 0 Å². The Balaban J connectivity index is 4.16. The lowest BCUT2D eigenvalue weighted by molar-refractivity contribution is 0.314. The van der Waals surface area contributed by atoms with E-state index in [0.717, 1.165) is 6.04 Å². The average Bonchev–Trinajstić information content (AvgIpc) is 1.82. The van der Waals surface area contributed by atoms with Gasteiger partial charge in [0.25, 0.3) is 0 Å². The lowest BCUT2D eigenvalue weighted by Gasteiger charge is -2.35. The van der Waals surface area contributed by atoms with Crippen LogP contribution in [-0.4, -0.2) is 31.0 Å². The Labute approximate surface area is 83.7 Å². The average molecular weight is 203 g/mol. The predicted molar refractivity (Wildman–Crippen MR) is 61.7 cm³/mol. The smallest absolute Gasteiger partial charge is 0.0684 e. The first-order valence-electron chi connectivity index (χ1n) is 5.07. The molecule has 0 heterocycles. The summed E-state index contributed by atoms with van der Waals surface area (Å²) in [7, 11) is -1.28. The Bertz CT molecular complexity index is 151. The van der Waals surface area contributed by atoms with Gasteiger partial charge in [0.1, 0.15) is 0 Å². The van der Waals surface area contributed by atoms with Crippen LogP contribution in [0.4, 0.5) is 0 Å². The second-order valence-electron chi connectivity index (χ2n) is 5.58. The highest BCUT2D eigenvalue weighted by Gasteiger charge is 2.29. The molecule has 0 aliphatic rings. The molecule has 0 aromatic carbocycles. The van der Waals surface area contributed by atoms with Gasteiger partial charge in [-0.3, -0.25) is 0 Å².